The Bertz CT molecular complexity index is 1070. The highest BCUT2D eigenvalue weighted by atomic mass is 28.4. The minimum Gasteiger partial charge on any atom is -0.405 e. The van der Waals surface area contributed by atoms with Crippen LogP contribution in [0.1, 0.15) is 26.3 Å². The fourth-order valence-electron chi connectivity index (χ4n) is 5.40. The third-order valence-corrected chi connectivity index (χ3v) is 12.3. The summed E-state index contributed by atoms with van der Waals surface area (Å²) < 4.78 is 30.9. The fourth-order valence-corrected chi connectivity index (χ4v) is 9.97. The van der Waals surface area contributed by atoms with Crippen molar-refractivity contribution in [2.45, 2.75) is 63.1 Å². The van der Waals surface area contributed by atoms with Gasteiger partial charge in [-0.3, -0.25) is 0 Å². The van der Waals surface area contributed by atoms with Crippen LogP contribution in [0.25, 0.3) is 0 Å². The first-order valence-corrected chi connectivity index (χ1v) is 15.0. The van der Waals surface area contributed by atoms with Gasteiger partial charge in [0.25, 0.3) is 8.32 Å². The SMILES string of the molecule is CO[C@@H]1OC(CO[Si](c2ccccc2)(c2ccccc2)C(C)(C)C)[C@H](O)[C@H](OC)C1OCc1ccccc1. The molecule has 7 heteroatoms. The predicted octanol–water partition coefficient (Wildman–Crippen LogP) is 3.90. The summed E-state index contributed by atoms with van der Waals surface area (Å²) in [5.41, 5.74) is 1.02. The van der Waals surface area contributed by atoms with E-state index >= 15 is 0 Å². The molecule has 6 nitrogen and oxygen atoms in total. The van der Waals surface area contributed by atoms with E-state index in [2.05, 4.69) is 69.3 Å². The molecule has 1 saturated heterocycles. The maximum absolute atomic E-state index is 11.4. The number of hydrogen-bond acceptors (Lipinski definition) is 6. The summed E-state index contributed by atoms with van der Waals surface area (Å²) in [5, 5.41) is 13.5. The lowest BCUT2D eigenvalue weighted by molar-refractivity contribution is -0.308. The predicted molar refractivity (Wildman–Crippen MR) is 151 cm³/mol. The van der Waals surface area contributed by atoms with Gasteiger partial charge in [0.05, 0.1) is 13.2 Å². The molecule has 38 heavy (non-hydrogen) atoms. The number of benzene rings is 3. The van der Waals surface area contributed by atoms with Crippen LogP contribution >= 0.6 is 0 Å². The molecular formula is C31H40O6Si. The summed E-state index contributed by atoms with van der Waals surface area (Å²) in [7, 11) is 0.344. The molecule has 0 aromatic heterocycles. The van der Waals surface area contributed by atoms with E-state index < -0.39 is 39.0 Å². The Labute approximate surface area is 227 Å². The Morgan fingerprint density at radius 3 is 1.76 bits per heavy atom. The van der Waals surface area contributed by atoms with Crippen LogP contribution in [0, 0.1) is 0 Å². The lowest BCUT2D eigenvalue weighted by Gasteiger charge is -2.46. The largest absolute Gasteiger partial charge is 0.405 e. The molecule has 5 atom stereocenters. The lowest BCUT2D eigenvalue weighted by atomic mass is 9.99. The highest BCUT2D eigenvalue weighted by Gasteiger charge is 2.52. The van der Waals surface area contributed by atoms with Crippen LogP contribution < -0.4 is 10.4 Å². The molecule has 0 bridgehead atoms. The standard InChI is InChI=1S/C31H40O6Si/c1-31(2,3)38(24-17-11-7-12-18-24,25-19-13-8-14-20-25)36-22-26-27(32)28(33-4)29(30(34-5)37-26)35-21-23-15-9-6-10-16-23/h6-20,26-30,32H,21-22H2,1-5H3/t26?,27-,28-,29?,30+/m0/s1. The van der Waals surface area contributed by atoms with E-state index in [-0.39, 0.29) is 11.6 Å². The zero-order valence-corrected chi connectivity index (χ0v) is 23.9. The highest BCUT2D eigenvalue weighted by Crippen LogP contribution is 2.37. The molecule has 1 heterocycles. The smallest absolute Gasteiger partial charge is 0.261 e. The second-order valence-electron chi connectivity index (χ2n) is 10.7. The third-order valence-electron chi connectivity index (χ3n) is 7.29. The van der Waals surface area contributed by atoms with E-state index in [1.165, 1.54) is 10.4 Å². The second kappa shape index (κ2) is 12.7. The molecule has 1 fully saturated rings. The zero-order valence-electron chi connectivity index (χ0n) is 22.9. The van der Waals surface area contributed by atoms with E-state index in [1.807, 2.05) is 42.5 Å². The number of methoxy groups -OCH3 is 2. The van der Waals surface area contributed by atoms with Gasteiger partial charge in [-0.05, 0) is 21.0 Å². The quantitative estimate of drug-likeness (QED) is 0.397. The van der Waals surface area contributed by atoms with Gasteiger partial charge in [0.15, 0.2) is 6.29 Å². The molecule has 204 valence electrons. The average molecular weight is 537 g/mol. The van der Waals surface area contributed by atoms with Gasteiger partial charge in [-0.1, -0.05) is 112 Å². The van der Waals surface area contributed by atoms with Gasteiger partial charge in [0, 0.05) is 14.2 Å². The molecular weight excluding hydrogens is 496 g/mol. The van der Waals surface area contributed by atoms with E-state index in [0.717, 1.165) is 5.56 Å². The van der Waals surface area contributed by atoms with Crippen molar-refractivity contribution in [3.63, 3.8) is 0 Å². The zero-order chi connectivity index (χ0) is 27.2. The minimum absolute atomic E-state index is 0.180. The number of rotatable bonds is 10. The molecule has 3 aromatic carbocycles. The van der Waals surface area contributed by atoms with E-state index in [1.54, 1.807) is 14.2 Å². The Balaban J connectivity index is 1.60. The maximum Gasteiger partial charge on any atom is 0.261 e. The normalized spacial score (nSPS) is 24.3. The summed E-state index contributed by atoms with van der Waals surface area (Å²) in [5.74, 6) is 0. The van der Waals surface area contributed by atoms with Crippen LogP contribution in [0.2, 0.25) is 5.04 Å². The number of ether oxygens (including phenoxy) is 4. The van der Waals surface area contributed by atoms with Crippen molar-refractivity contribution < 1.29 is 28.5 Å². The van der Waals surface area contributed by atoms with Crippen molar-refractivity contribution in [2.24, 2.45) is 0 Å². The van der Waals surface area contributed by atoms with Gasteiger partial charge in [-0.15, -0.1) is 0 Å². The van der Waals surface area contributed by atoms with Crippen molar-refractivity contribution in [3.8, 4) is 0 Å². The van der Waals surface area contributed by atoms with Gasteiger partial charge in [0.1, 0.15) is 24.4 Å². The van der Waals surface area contributed by atoms with Gasteiger partial charge in [0.2, 0.25) is 0 Å². The van der Waals surface area contributed by atoms with Crippen LogP contribution in [0.15, 0.2) is 91.0 Å². The first kappa shape index (κ1) is 28.6. The van der Waals surface area contributed by atoms with Crippen molar-refractivity contribution in [1.29, 1.82) is 0 Å². The topological polar surface area (TPSA) is 66.4 Å². The second-order valence-corrected chi connectivity index (χ2v) is 15.0. The van der Waals surface area contributed by atoms with E-state index in [0.29, 0.717) is 6.61 Å². The van der Waals surface area contributed by atoms with E-state index in [9.17, 15) is 5.11 Å². The van der Waals surface area contributed by atoms with Gasteiger partial charge in [-0.2, -0.15) is 0 Å². The highest BCUT2D eigenvalue weighted by molar-refractivity contribution is 6.99. The third kappa shape index (κ3) is 5.94. The monoisotopic (exact) mass is 536 g/mol. The molecule has 1 aliphatic rings. The van der Waals surface area contributed by atoms with Crippen molar-refractivity contribution >= 4 is 18.7 Å². The number of aliphatic hydroxyl groups is 1. The number of hydrogen-bond donors (Lipinski definition) is 1. The van der Waals surface area contributed by atoms with Crippen LogP contribution in [-0.4, -0.2) is 65.0 Å². The molecule has 0 aliphatic carbocycles. The summed E-state index contributed by atoms with van der Waals surface area (Å²) in [6, 6.07) is 30.7. The molecule has 0 radical (unpaired) electrons. The van der Waals surface area contributed by atoms with Gasteiger partial charge >= 0.3 is 0 Å². The molecule has 0 spiro atoms. The fraction of sp³-hybridized carbons (Fsp3) is 0.419. The Kier molecular flexibility index (Phi) is 9.54. The van der Waals surface area contributed by atoms with Crippen molar-refractivity contribution in [2.75, 3.05) is 20.8 Å². The molecule has 0 saturated carbocycles. The molecule has 4 rings (SSSR count). The van der Waals surface area contributed by atoms with Crippen molar-refractivity contribution in [3.05, 3.63) is 96.6 Å². The first-order chi connectivity index (χ1) is 18.3. The molecule has 3 aromatic rings. The first-order valence-electron chi connectivity index (χ1n) is 13.1. The van der Waals surface area contributed by atoms with Crippen LogP contribution in [0.4, 0.5) is 0 Å². The molecule has 1 N–H and O–H groups in total. The Morgan fingerprint density at radius 1 is 0.763 bits per heavy atom. The van der Waals surface area contributed by atoms with Crippen LogP contribution in [0.5, 0.6) is 0 Å². The Morgan fingerprint density at radius 2 is 1.29 bits per heavy atom. The van der Waals surface area contributed by atoms with Crippen LogP contribution in [0.3, 0.4) is 0 Å². The van der Waals surface area contributed by atoms with Crippen LogP contribution in [-0.2, 0) is 30.0 Å². The molecule has 0 amide bonds. The van der Waals surface area contributed by atoms with Gasteiger partial charge in [-0.25, -0.2) is 0 Å². The summed E-state index contributed by atoms with van der Waals surface area (Å²) in [4.78, 5) is 0. The van der Waals surface area contributed by atoms with Crippen molar-refractivity contribution in [1.82, 2.24) is 0 Å². The summed E-state index contributed by atoms with van der Waals surface area (Å²) >= 11 is 0. The summed E-state index contributed by atoms with van der Waals surface area (Å²) in [6.45, 7) is 7.20. The van der Waals surface area contributed by atoms with E-state index in [4.69, 9.17) is 23.4 Å². The average Bonchev–Trinajstić information content (AvgIpc) is 2.94. The maximum atomic E-state index is 11.4. The molecule has 2 unspecified atom stereocenters. The van der Waals surface area contributed by atoms with Gasteiger partial charge < -0.3 is 28.5 Å². The number of aliphatic hydroxyl groups excluding tert-OH is 1. The summed E-state index contributed by atoms with van der Waals surface area (Å²) in [6.07, 6.45) is -3.61. The Hall–Kier alpha value is -2.36. The minimum atomic E-state index is -2.81. The molecule has 1 aliphatic heterocycles. The lowest BCUT2D eigenvalue weighted by Crippen LogP contribution is -2.68.